The van der Waals surface area contributed by atoms with E-state index in [0.29, 0.717) is 16.5 Å². The Morgan fingerprint density at radius 2 is 2.32 bits per heavy atom. The van der Waals surface area contributed by atoms with E-state index in [1.165, 1.54) is 18.5 Å². The molecule has 0 spiro atoms. The van der Waals surface area contributed by atoms with Crippen LogP contribution in [-0.4, -0.2) is 21.2 Å². The molecule has 0 unspecified atom stereocenters. The zero-order chi connectivity index (χ0) is 13.8. The predicted molar refractivity (Wildman–Crippen MR) is 75.9 cm³/mol. The minimum atomic E-state index is -0.469. The van der Waals surface area contributed by atoms with Gasteiger partial charge in [-0.15, -0.1) is 0 Å². The molecule has 96 valence electrons. The molecule has 0 aliphatic heterocycles. The molecule has 1 heterocycles. The third-order valence-electron chi connectivity index (χ3n) is 2.36. The zero-order valence-corrected chi connectivity index (χ0v) is 10.4. The Morgan fingerprint density at radius 3 is 3.00 bits per heavy atom. The topological polar surface area (TPSA) is 106 Å². The van der Waals surface area contributed by atoms with Crippen molar-refractivity contribution in [3.8, 4) is 0 Å². The van der Waals surface area contributed by atoms with E-state index in [1.807, 2.05) is 0 Å². The van der Waals surface area contributed by atoms with Crippen LogP contribution >= 0.6 is 12.2 Å². The van der Waals surface area contributed by atoms with Crippen molar-refractivity contribution in [1.82, 2.24) is 10.4 Å². The fourth-order valence-electron chi connectivity index (χ4n) is 1.61. The van der Waals surface area contributed by atoms with Crippen molar-refractivity contribution >= 4 is 40.1 Å². The Labute approximate surface area is 113 Å². The standard InChI is InChI=1S/C11H9N5O2S/c12-11(19)15-14-6-7-4-5-13-10-8(7)2-1-3-9(10)16(17)18/h1-6H,(H3,12,15,19)/b14-6-. The van der Waals surface area contributed by atoms with Crippen molar-refractivity contribution in [3.63, 3.8) is 0 Å². The largest absolute Gasteiger partial charge is 0.375 e. The molecular weight excluding hydrogens is 266 g/mol. The maximum absolute atomic E-state index is 10.9. The number of rotatable bonds is 3. The molecule has 0 saturated heterocycles. The van der Waals surface area contributed by atoms with Gasteiger partial charge in [0.05, 0.1) is 11.1 Å². The second-order valence-corrected chi connectivity index (χ2v) is 4.00. The van der Waals surface area contributed by atoms with Crippen LogP contribution in [0.15, 0.2) is 35.6 Å². The first-order valence-corrected chi connectivity index (χ1v) is 5.61. The maximum Gasteiger partial charge on any atom is 0.295 e. The summed E-state index contributed by atoms with van der Waals surface area (Å²) in [4.78, 5) is 14.5. The fourth-order valence-corrected chi connectivity index (χ4v) is 1.66. The Bertz CT molecular complexity index is 686. The first-order chi connectivity index (χ1) is 9.09. The molecule has 0 amide bonds. The number of fused-ring (bicyclic) bond motifs is 1. The molecule has 0 aliphatic carbocycles. The summed E-state index contributed by atoms with van der Waals surface area (Å²) >= 11 is 4.61. The van der Waals surface area contributed by atoms with Gasteiger partial charge in [-0.1, -0.05) is 12.1 Å². The van der Waals surface area contributed by atoms with Gasteiger partial charge in [-0.25, -0.2) is 4.98 Å². The highest BCUT2D eigenvalue weighted by Crippen LogP contribution is 2.24. The number of hydrogen-bond acceptors (Lipinski definition) is 5. The van der Waals surface area contributed by atoms with Crippen molar-refractivity contribution in [1.29, 1.82) is 0 Å². The lowest BCUT2D eigenvalue weighted by atomic mass is 10.1. The van der Waals surface area contributed by atoms with Crippen molar-refractivity contribution < 1.29 is 4.92 Å². The van der Waals surface area contributed by atoms with Crippen LogP contribution < -0.4 is 11.2 Å². The van der Waals surface area contributed by atoms with E-state index in [4.69, 9.17) is 5.73 Å². The molecule has 1 aromatic carbocycles. The number of nitro groups is 1. The Morgan fingerprint density at radius 1 is 1.53 bits per heavy atom. The molecule has 7 nitrogen and oxygen atoms in total. The quantitative estimate of drug-likeness (QED) is 0.378. The number of pyridine rings is 1. The van der Waals surface area contributed by atoms with Gasteiger partial charge < -0.3 is 5.73 Å². The molecule has 0 atom stereocenters. The van der Waals surface area contributed by atoms with Crippen LogP contribution in [0, 0.1) is 10.1 Å². The predicted octanol–water partition coefficient (Wildman–Crippen LogP) is 1.31. The van der Waals surface area contributed by atoms with Crippen LogP contribution in [-0.2, 0) is 0 Å². The van der Waals surface area contributed by atoms with Crippen LogP contribution in [0.3, 0.4) is 0 Å². The molecular formula is C11H9N5O2S. The van der Waals surface area contributed by atoms with Gasteiger partial charge in [-0.05, 0) is 18.3 Å². The third-order valence-corrected chi connectivity index (χ3v) is 2.45. The Hall–Kier alpha value is -2.61. The van der Waals surface area contributed by atoms with E-state index in [-0.39, 0.29) is 10.8 Å². The van der Waals surface area contributed by atoms with Crippen LogP contribution in [0.25, 0.3) is 10.9 Å². The Balaban J connectivity index is 2.52. The zero-order valence-electron chi connectivity index (χ0n) is 9.61. The summed E-state index contributed by atoms with van der Waals surface area (Å²) in [5.41, 5.74) is 8.60. The van der Waals surface area contributed by atoms with Crippen LogP contribution in [0.4, 0.5) is 5.69 Å². The first-order valence-electron chi connectivity index (χ1n) is 5.20. The minimum absolute atomic E-state index is 0.0422. The number of para-hydroxylation sites is 1. The van der Waals surface area contributed by atoms with Crippen molar-refractivity contribution in [2.75, 3.05) is 0 Å². The highest BCUT2D eigenvalue weighted by atomic mass is 32.1. The molecule has 19 heavy (non-hydrogen) atoms. The van der Waals surface area contributed by atoms with Crippen molar-refractivity contribution in [3.05, 3.63) is 46.1 Å². The van der Waals surface area contributed by atoms with E-state index < -0.39 is 4.92 Å². The molecule has 0 radical (unpaired) electrons. The average molecular weight is 275 g/mol. The van der Waals surface area contributed by atoms with Gasteiger partial charge in [0.25, 0.3) is 5.69 Å². The van der Waals surface area contributed by atoms with Crippen molar-refractivity contribution in [2.24, 2.45) is 10.8 Å². The lowest BCUT2D eigenvalue weighted by Crippen LogP contribution is -2.24. The number of hydrogen-bond donors (Lipinski definition) is 2. The SMILES string of the molecule is NC(=S)N/N=C\c1ccnc2c([N+](=O)[O-])cccc12. The third kappa shape index (κ3) is 2.80. The van der Waals surface area contributed by atoms with Crippen LogP contribution in [0.1, 0.15) is 5.56 Å². The van der Waals surface area contributed by atoms with Crippen molar-refractivity contribution in [2.45, 2.75) is 0 Å². The van der Waals surface area contributed by atoms with Gasteiger partial charge in [0, 0.05) is 23.2 Å². The number of nitrogens with zero attached hydrogens (tertiary/aromatic N) is 3. The van der Waals surface area contributed by atoms with E-state index in [9.17, 15) is 10.1 Å². The Kier molecular flexibility index (Phi) is 3.62. The summed E-state index contributed by atoms with van der Waals surface area (Å²) in [6.07, 6.45) is 2.96. The summed E-state index contributed by atoms with van der Waals surface area (Å²) in [5, 5.41) is 15.4. The first kappa shape index (κ1) is 12.8. The van der Waals surface area contributed by atoms with Gasteiger partial charge in [0.15, 0.2) is 5.11 Å². The fraction of sp³-hybridized carbons (Fsp3) is 0. The maximum atomic E-state index is 10.9. The lowest BCUT2D eigenvalue weighted by molar-refractivity contribution is -0.383. The van der Waals surface area contributed by atoms with Gasteiger partial charge in [-0.2, -0.15) is 5.10 Å². The number of non-ortho nitro benzene ring substituents is 1. The summed E-state index contributed by atoms with van der Waals surface area (Å²) in [5.74, 6) is 0. The number of benzene rings is 1. The number of nitro benzene ring substituents is 1. The summed E-state index contributed by atoms with van der Waals surface area (Å²) in [7, 11) is 0. The highest BCUT2D eigenvalue weighted by Gasteiger charge is 2.13. The molecule has 2 rings (SSSR count). The van der Waals surface area contributed by atoms with Gasteiger partial charge in [-0.3, -0.25) is 15.5 Å². The summed E-state index contributed by atoms with van der Waals surface area (Å²) < 4.78 is 0. The molecule has 0 bridgehead atoms. The van der Waals surface area contributed by atoms with Gasteiger partial charge in [0.1, 0.15) is 5.52 Å². The van der Waals surface area contributed by atoms with Crippen LogP contribution in [0.2, 0.25) is 0 Å². The van der Waals surface area contributed by atoms with Gasteiger partial charge >= 0.3 is 0 Å². The molecule has 0 fully saturated rings. The smallest absolute Gasteiger partial charge is 0.295 e. The second-order valence-electron chi connectivity index (χ2n) is 3.56. The van der Waals surface area contributed by atoms with E-state index in [0.717, 1.165) is 0 Å². The molecule has 2 aromatic rings. The summed E-state index contributed by atoms with van der Waals surface area (Å²) in [6.45, 7) is 0. The van der Waals surface area contributed by atoms with E-state index >= 15 is 0 Å². The minimum Gasteiger partial charge on any atom is -0.375 e. The molecule has 1 aromatic heterocycles. The van der Waals surface area contributed by atoms with E-state index in [2.05, 4.69) is 27.7 Å². The van der Waals surface area contributed by atoms with Crippen LogP contribution in [0.5, 0.6) is 0 Å². The normalized spacial score (nSPS) is 10.7. The number of thiocarbonyl (C=S) groups is 1. The molecule has 0 aliphatic rings. The molecule has 8 heteroatoms. The summed E-state index contributed by atoms with van der Waals surface area (Å²) in [6, 6.07) is 6.43. The molecule has 3 N–H and O–H groups in total. The number of aromatic nitrogens is 1. The van der Waals surface area contributed by atoms with E-state index in [1.54, 1.807) is 18.2 Å². The monoisotopic (exact) mass is 275 g/mol. The lowest BCUT2D eigenvalue weighted by Gasteiger charge is -2.02. The van der Waals surface area contributed by atoms with Gasteiger partial charge in [0.2, 0.25) is 0 Å². The number of hydrazone groups is 1. The average Bonchev–Trinajstić information content (AvgIpc) is 2.37. The number of nitrogens with two attached hydrogens (primary N) is 1. The highest BCUT2D eigenvalue weighted by molar-refractivity contribution is 7.80. The number of nitrogens with one attached hydrogen (secondary N) is 1. The molecule has 0 saturated carbocycles. The second kappa shape index (κ2) is 5.36.